The minimum absolute atomic E-state index is 0.596. The van der Waals surface area contributed by atoms with Crippen molar-refractivity contribution >= 4 is 0 Å². The molecule has 0 bridgehead atoms. The summed E-state index contributed by atoms with van der Waals surface area (Å²) in [5.41, 5.74) is 0. The maximum atomic E-state index is 10.8. The van der Waals surface area contributed by atoms with Crippen LogP contribution in [-0.4, -0.2) is 43.0 Å². The Morgan fingerprint density at radius 1 is 1.20 bits per heavy atom. The van der Waals surface area contributed by atoms with Crippen molar-refractivity contribution in [2.45, 2.75) is 13.5 Å². The predicted octanol–water partition coefficient (Wildman–Crippen LogP) is 0.289. The van der Waals surface area contributed by atoms with Crippen molar-refractivity contribution in [3.8, 4) is 0 Å². The Bertz CT molecular complexity index is 374. The molecule has 1 aliphatic heterocycles. The third kappa shape index (κ3) is 2.49. The molecule has 0 N–H and O–H groups in total. The highest BCUT2D eigenvalue weighted by molar-refractivity contribution is 5.00. The molecule has 1 saturated heterocycles. The maximum absolute atomic E-state index is 10.8. The first-order valence-electron chi connectivity index (χ1n) is 5.15. The van der Waals surface area contributed by atoms with Crippen LogP contribution < -0.4 is 5.82 Å². The van der Waals surface area contributed by atoms with Gasteiger partial charge in [0.1, 0.15) is 5.76 Å². The molecule has 0 radical (unpaired) electrons. The van der Waals surface area contributed by atoms with Gasteiger partial charge < -0.3 is 13.7 Å². The smallest absolute Gasteiger partial charge is 0.396 e. The summed E-state index contributed by atoms with van der Waals surface area (Å²) < 4.78 is 9.78. The number of likely N-dealkylation sites (N-methyl/N-ethyl adjacent to an activating group) is 1. The highest BCUT2D eigenvalue weighted by Gasteiger charge is 2.17. The molecule has 0 spiro atoms. The van der Waals surface area contributed by atoms with Crippen molar-refractivity contribution in [1.29, 1.82) is 0 Å². The highest BCUT2D eigenvalue weighted by atomic mass is 16.6. The van der Waals surface area contributed by atoms with Gasteiger partial charge in [-0.05, 0) is 14.0 Å². The molecule has 5 heteroatoms. The molecule has 0 aliphatic carbocycles. The van der Waals surface area contributed by atoms with E-state index in [1.807, 2.05) is 0 Å². The van der Waals surface area contributed by atoms with Crippen LogP contribution in [0.3, 0.4) is 0 Å². The van der Waals surface area contributed by atoms with E-state index in [1.54, 1.807) is 6.92 Å². The second-order valence-electron chi connectivity index (χ2n) is 4.01. The SMILES string of the molecule is Cc1oc(=O)oc1CN1CCN(C)CC1. The standard InChI is InChI=1S/C10H16N2O3/c1-8-9(15-10(13)14-8)7-12-5-3-11(2)4-6-12/h3-7H2,1-2H3. The van der Waals surface area contributed by atoms with Gasteiger partial charge in [0.2, 0.25) is 0 Å². The molecule has 5 nitrogen and oxygen atoms in total. The minimum atomic E-state index is -0.600. The average molecular weight is 212 g/mol. The highest BCUT2D eigenvalue weighted by Crippen LogP contribution is 2.10. The lowest BCUT2D eigenvalue weighted by molar-refractivity contribution is 0.139. The number of hydrogen-bond acceptors (Lipinski definition) is 5. The minimum Gasteiger partial charge on any atom is -0.396 e. The predicted molar refractivity (Wildman–Crippen MR) is 54.8 cm³/mol. The summed E-state index contributed by atoms with van der Waals surface area (Å²) in [6.45, 7) is 6.56. The number of nitrogens with zero attached hydrogens (tertiary/aromatic N) is 2. The van der Waals surface area contributed by atoms with Gasteiger partial charge in [-0.25, -0.2) is 4.79 Å². The fourth-order valence-electron chi connectivity index (χ4n) is 1.73. The maximum Gasteiger partial charge on any atom is 0.519 e. The van der Waals surface area contributed by atoms with Crippen LogP contribution in [0.5, 0.6) is 0 Å². The fourth-order valence-corrected chi connectivity index (χ4v) is 1.73. The topological polar surface area (TPSA) is 49.8 Å². The fraction of sp³-hybridized carbons (Fsp3) is 0.700. The van der Waals surface area contributed by atoms with Crippen LogP contribution in [0.1, 0.15) is 11.5 Å². The van der Waals surface area contributed by atoms with E-state index in [0.29, 0.717) is 18.1 Å². The van der Waals surface area contributed by atoms with Gasteiger partial charge in [0.05, 0.1) is 6.54 Å². The lowest BCUT2D eigenvalue weighted by atomic mass is 10.3. The van der Waals surface area contributed by atoms with E-state index in [4.69, 9.17) is 8.83 Å². The van der Waals surface area contributed by atoms with Crippen molar-refractivity contribution in [3.05, 3.63) is 22.1 Å². The van der Waals surface area contributed by atoms with Crippen molar-refractivity contribution in [2.75, 3.05) is 33.2 Å². The Labute approximate surface area is 88.3 Å². The summed E-state index contributed by atoms with van der Waals surface area (Å²) in [5, 5.41) is 0. The van der Waals surface area contributed by atoms with Gasteiger partial charge in [0.25, 0.3) is 0 Å². The van der Waals surface area contributed by atoms with Crippen LogP contribution >= 0.6 is 0 Å². The van der Waals surface area contributed by atoms with E-state index in [2.05, 4.69) is 16.8 Å². The first-order chi connectivity index (χ1) is 7.15. The summed E-state index contributed by atoms with van der Waals surface area (Å²) in [7, 11) is 2.11. The zero-order chi connectivity index (χ0) is 10.8. The largest absolute Gasteiger partial charge is 0.519 e. The number of aryl methyl sites for hydroxylation is 1. The number of hydrogen-bond donors (Lipinski definition) is 0. The van der Waals surface area contributed by atoms with Crippen LogP contribution in [0.2, 0.25) is 0 Å². The molecule has 84 valence electrons. The molecule has 1 aromatic heterocycles. The molecule has 0 atom stereocenters. The zero-order valence-corrected chi connectivity index (χ0v) is 9.15. The molecule has 0 amide bonds. The summed E-state index contributed by atoms with van der Waals surface area (Å²) in [6, 6.07) is 0. The normalized spacial score (nSPS) is 19.6. The average Bonchev–Trinajstić information content (AvgIpc) is 2.49. The van der Waals surface area contributed by atoms with Gasteiger partial charge in [-0.2, -0.15) is 0 Å². The Hall–Kier alpha value is -1.07. The van der Waals surface area contributed by atoms with E-state index in [-0.39, 0.29) is 0 Å². The van der Waals surface area contributed by atoms with E-state index < -0.39 is 5.82 Å². The molecule has 0 unspecified atom stereocenters. The van der Waals surface area contributed by atoms with Crippen molar-refractivity contribution in [2.24, 2.45) is 0 Å². The summed E-state index contributed by atoms with van der Waals surface area (Å²) in [6.07, 6.45) is 0. The van der Waals surface area contributed by atoms with E-state index in [1.165, 1.54) is 0 Å². The molecule has 2 rings (SSSR count). The first-order valence-corrected chi connectivity index (χ1v) is 5.15. The van der Waals surface area contributed by atoms with Gasteiger partial charge in [-0.3, -0.25) is 4.90 Å². The molecule has 0 saturated carbocycles. The second-order valence-corrected chi connectivity index (χ2v) is 4.01. The Kier molecular flexibility index (Phi) is 2.93. The van der Waals surface area contributed by atoms with Gasteiger partial charge in [0, 0.05) is 26.2 Å². The van der Waals surface area contributed by atoms with Crippen molar-refractivity contribution < 1.29 is 8.83 Å². The third-order valence-electron chi connectivity index (χ3n) is 2.80. The van der Waals surface area contributed by atoms with E-state index in [9.17, 15) is 4.79 Å². The lowest BCUT2D eigenvalue weighted by Gasteiger charge is -2.31. The molecular weight excluding hydrogens is 196 g/mol. The summed E-state index contributed by atoms with van der Waals surface area (Å²) in [4.78, 5) is 15.4. The third-order valence-corrected chi connectivity index (χ3v) is 2.80. The first kappa shape index (κ1) is 10.4. The monoisotopic (exact) mass is 212 g/mol. The van der Waals surface area contributed by atoms with E-state index in [0.717, 1.165) is 26.2 Å². The molecule has 1 fully saturated rings. The Balaban J connectivity index is 1.97. The van der Waals surface area contributed by atoms with Crippen molar-refractivity contribution in [1.82, 2.24) is 9.80 Å². The summed E-state index contributed by atoms with van der Waals surface area (Å²) in [5.74, 6) is 0.653. The molecule has 1 aromatic rings. The van der Waals surface area contributed by atoms with Crippen LogP contribution in [0, 0.1) is 6.92 Å². The molecular formula is C10H16N2O3. The van der Waals surface area contributed by atoms with Gasteiger partial charge in [-0.15, -0.1) is 0 Å². The number of piperazine rings is 1. The molecule has 15 heavy (non-hydrogen) atoms. The van der Waals surface area contributed by atoms with Crippen LogP contribution in [0.15, 0.2) is 13.6 Å². The van der Waals surface area contributed by atoms with Gasteiger partial charge >= 0.3 is 5.82 Å². The second kappa shape index (κ2) is 4.20. The summed E-state index contributed by atoms with van der Waals surface area (Å²) >= 11 is 0. The Morgan fingerprint density at radius 3 is 2.40 bits per heavy atom. The lowest BCUT2D eigenvalue weighted by Crippen LogP contribution is -2.43. The molecule has 1 aliphatic rings. The van der Waals surface area contributed by atoms with Gasteiger partial charge in [-0.1, -0.05) is 0 Å². The van der Waals surface area contributed by atoms with Crippen molar-refractivity contribution in [3.63, 3.8) is 0 Å². The van der Waals surface area contributed by atoms with E-state index >= 15 is 0 Å². The Morgan fingerprint density at radius 2 is 1.87 bits per heavy atom. The van der Waals surface area contributed by atoms with Crippen LogP contribution in [0.25, 0.3) is 0 Å². The number of rotatable bonds is 2. The van der Waals surface area contributed by atoms with Crippen LogP contribution in [0.4, 0.5) is 0 Å². The molecule has 2 heterocycles. The quantitative estimate of drug-likeness (QED) is 0.705. The van der Waals surface area contributed by atoms with Gasteiger partial charge in [0.15, 0.2) is 5.76 Å². The molecule has 0 aromatic carbocycles. The van der Waals surface area contributed by atoms with Crippen LogP contribution in [-0.2, 0) is 6.54 Å². The zero-order valence-electron chi connectivity index (χ0n) is 9.15.